The van der Waals surface area contributed by atoms with Crippen LogP contribution in [0, 0.1) is 0 Å². The molecule has 0 aliphatic rings. The van der Waals surface area contributed by atoms with E-state index < -0.39 is 5.97 Å². The van der Waals surface area contributed by atoms with Crippen LogP contribution in [0.2, 0.25) is 0 Å². The van der Waals surface area contributed by atoms with Gasteiger partial charge < -0.3 is 20.4 Å². The van der Waals surface area contributed by atoms with Gasteiger partial charge in [0.15, 0.2) is 0 Å². The van der Waals surface area contributed by atoms with Gasteiger partial charge in [-0.05, 0) is 0 Å². The van der Waals surface area contributed by atoms with Gasteiger partial charge in [-0.2, -0.15) is 0 Å². The van der Waals surface area contributed by atoms with E-state index in [1.54, 1.807) is 0 Å². The monoisotopic (exact) mass is 156 g/mol. The van der Waals surface area contributed by atoms with Crippen molar-refractivity contribution < 1.29 is 25.2 Å². The molecule has 0 saturated carbocycles. The van der Waals surface area contributed by atoms with Crippen molar-refractivity contribution in [1.82, 2.24) is 0 Å². The summed E-state index contributed by atoms with van der Waals surface area (Å²) < 4.78 is 0. The summed E-state index contributed by atoms with van der Waals surface area (Å²) in [5.41, 5.74) is 0. The second-order valence-corrected chi connectivity index (χ2v) is 0.519. The predicted octanol–water partition coefficient (Wildman–Crippen LogP) is -1.08. The molecule has 0 saturated heterocycles. The third kappa shape index (κ3) is 701. The molecule has 0 aromatic rings. The van der Waals surface area contributed by atoms with E-state index in [0.717, 1.165) is 28.3 Å². The van der Waals surface area contributed by atoms with Crippen LogP contribution in [-0.4, -0.2) is 47.7 Å². The Bertz CT molecular complexity index is 33.0. The van der Waals surface area contributed by atoms with Crippen molar-refractivity contribution in [3.63, 3.8) is 0 Å². The summed E-state index contributed by atoms with van der Waals surface area (Å²) in [6.07, 6.45) is 0. The molecule has 10 heavy (non-hydrogen) atoms. The summed E-state index contributed by atoms with van der Waals surface area (Å²) in [4.78, 5) is 9.00. The Labute approximate surface area is 60.6 Å². The standard InChI is InChI=1S/C2H4O2.3CH4O/c1-2(3)4;3*1-2/h1H3,(H,3,4);3*2H,1H3. The van der Waals surface area contributed by atoms with Gasteiger partial charge in [-0.3, -0.25) is 4.79 Å². The zero-order valence-electron chi connectivity index (χ0n) is 6.70. The fourth-order valence-corrected chi connectivity index (χ4v) is 0. The molecule has 0 fully saturated rings. The number of hydrogen-bond donors (Lipinski definition) is 4. The van der Waals surface area contributed by atoms with Crippen molar-refractivity contribution >= 4 is 5.97 Å². The smallest absolute Gasteiger partial charge is 0.300 e. The molecule has 5 heteroatoms. The van der Waals surface area contributed by atoms with Crippen molar-refractivity contribution in [2.75, 3.05) is 21.3 Å². The third-order valence-electron chi connectivity index (χ3n) is 0. The lowest BCUT2D eigenvalue weighted by Gasteiger charge is -1.59. The van der Waals surface area contributed by atoms with Gasteiger partial charge in [0.05, 0.1) is 0 Å². The average molecular weight is 156 g/mol. The Kier molecular flexibility index (Phi) is 186. The van der Waals surface area contributed by atoms with E-state index in [1.807, 2.05) is 0 Å². The van der Waals surface area contributed by atoms with Crippen LogP contribution in [0.25, 0.3) is 0 Å². The first-order valence-corrected chi connectivity index (χ1v) is 2.27. The second-order valence-electron chi connectivity index (χ2n) is 0.519. The Hall–Kier alpha value is -0.650. The van der Waals surface area contributed by atoms with Crippen LogP contribution in [0.15, 0.2) is 0 Å². The van der Waals surface area contributed by atoms with Crippen LogP contribution in [0.1, 0.15) is 6.92 Å². The number of aliphatic carboxylic acids is 1. The maximum atomic E-state index is 9.00. The van der Waals surface area contributed by atoms with Crippen LogP contribution in [-0.2, 0) is 4.79 Å². The van der Waals surface area contributed by atoms with Gasteiger partial charge in [0.25, 0.3) is 5.97 Å². The highest BCUT2D eigenvalue weighted by Crippen LogP contribution is 1.42. The number of hydrogen-bond acceptors (Lipinski definition) is 4. The van der Waals surface area contributed by atoms with E-state index in [-0.39, 0.29) is 0 Å². The maximum Gasteiger partial charge on any atom is 0.300 e. The molecule has 0 amide bonds. The van der Waals surface area contributed by atoms with Crippen molar-refractivity contribution in [2.45, 2.75) is 6.92 Å². The topological polar surface area (TPSA) is 98.0 Å². The highest BCUT2D eigenvalue weighted by Gasteiger charge is 1.65. The molecule has 4 N–H and O–H groups in total. The average Bonchev–Trinajstić information content (AvgIpc) is 1.98. The minimum atomic E-state index is -0.833. The first kappa shape index (κ1) is 22.8. The SMILES string of the molecule is CC(=O)O.CO.CO.CO. The van der Waals surface area contributed by atoms with Crippen molar-refractivity contribution in [1.29, 1.82) is 0 Å². The molecular formula is C5H16O5. The normalized spacial score (nSPS) is 4.30. The molecule has 0 unspecified atom stereocenters. The lowest BCUT2D eigenvalue weighted by atomic mass is 10.9. The van der Waals surface area contributed by atoms with Crippen LogP contribution in [0.4, 0.5) is 0 Å². The molecule has 0 aromatic carbocycles. The molecular weight excluding hydrogens is 140 g/mol. The molecule has 0 rings (SSSR count). The fraction of sp³-hybridized carbons (Fsp3) is 0.800. The van der Waals surface area contributed by atoms with Crippen molar-refractivity contribution in [2.24, 2.45) is 0 Å². The van der Waals surface area contributed by atoms with E-state index in [1.165, 1.54) is 0 Å². The molecule has 0 atom stereocenters. The predicted molar refractivity (Wildman–Crippen MR) is 37.7 cm³/mol. The molecule has 0 spiro atoms. The van der Waals surface area contributed by atoms with Gasteiger partial charge in [0, 0.05) is 28.3 Å². The molecule has 0 bridgehead atoms. The van der Waals surface area contributed by atoms with Crippen LogP contribution in [0.3, 0.4) is 0 Å². The zero-order valence-corrected chi connectivity index (χ0v) is 6.70. The first-order valence-electron chi connectivity index (χ1n) is 2.27. The van der Waals surface area contributed by atoms with E-state index in [2.05, 4.69) is 0 Å². The van der Waals surface area contributed by atoms with Gasteiger partial charge in [0.1, 0.15) is 0 Å². The lowest BCUT2D eigenvalue weighted by Crippen LogP contribution is -1.78. The van der Waals surface area contributed by atoms with Crippen molar-refractivity contribution in [3.8, 4) is 0 Å². The zero-order chi connectivity index (χ0) is 9.58. The molecule has 0 radical (unpaired) electrons. The van der Waals surface area contributed by atoms with Gasteiger partial charge >= 0.3 is 0 Å². The van der Waals surface area contributed by atoms with Gasteiger partial charge in [-0.15, -0.1) is 0 Å². The Balaban J connectivity index is -0.0000000262. The van der Waals surface area contributed by atoms with Gasteiger partial charge in [0.2, 0.25) is 0 Å². The number of aliphatic hydroxyl groups is 3. The molecule has 5 nitrogen and oxygen atoms in total. The molecule has 0 aromatic heterocycles. The summed E-state index contributed by atoms with van der Waals surface area (Å²) in [5, 5.41) is 28.4. The molecule has 0 heterocycles. The largest absolute Gasteiger partial charge is 0.481 e. The highest BCUT2D eigenvalue weighted by atomic mass is 16.4. The van der Waals surface area contributed by atoms with Gasteiger partial charge in [-0.25, -0.2) is 0 Å². The third-order valence-corrected chi connectivity index (χ3v) is 0. The van der Waals surface area contributed by atoms with E-state index in [9.17, 15) is 0 Å². The van der Waals surface area contributed by atoms with Gasteiger partial charge in [-0.1, -0.05) is 0 Å². The minimum Gasteiger partial charge on any atom is -0.481 e. The summed E-state index contributed by atoms with van der Waals surface area (Å²) in [6, 6.07) is 0. The van der Waals surface area contributed by atoms with E-state index in [4.69, 9.17) is 25.2 Å². The number of carbonyl (C=O) groups is 1. The van der Waals surface area contributed by atoms with Crippen LogP contribution in [0.5, 0.6) is 0 Å². The highest BCUT2D eigenvalue weighted by molar-refractivity contribution is 5.62. The number of aliphatic hydroxyl groups excluding tert-OH is 3. The van der Waals surface area contributed by atoms with E-state index >= 15 is 0 Å². The summed E-state index contributed by atoms with van der Waals surface area (Å²) in [6.45, 7) is 1.08. The summed E-state index contributed by atoms with van der Waals surface area (Å²) >= 11 is 0. The Morgan fingerprint density at radius 1 is 0.900 bits per heavy atom. The maximum absolute atomic E-state index is 9.00. The second kappa shape index (κ2) is 81.7. The Morgan fingerprint density at radius 3 is 0.900 bits per heavy atom. The number of rotatable bonds is 0. The van der Waals surface area contributed by atoms with Crippen LogP contribution >= 0.6 is 0 Å². The Morgan fingerprint density at radius 2 is 0.900 bits per heavy atom. The quantitative estimate of drug-likeness (QED) is 0.357. The fourth-order valence-electron chi connectivity index (χ4n) is 0. The number of carboxylic acid groups (broad SMARTS) is 1. The molecule has 66 valence electrons. The minimum absolute atomic E-state index is 0.833. The lowest BCUT2D eigenvalue weighted by molar-refractivity contribution is -0.134. The van der Waals surface area contributed by atoms with E-state index in [0.29, 0.717) is 0 Å². The molecule has 0 aliphatic heterocycles. The first-order chi connectivity index (χ1) is 4.73. The summed E-state index contributed by atoms with van der Waals surface area (Å²) in [7, 11) is 3.00. The van der Waals surface area contributed by atoms with Crippen LogP contribution < -0.4 is 0 Å². The summed E-state index contributed by atoms with van der Waals surface area (Å²) in [5.74, 6) is -0.833. The van der Waals surface area contributed by atoms with Crippen molar-refractivity contribution in [3.05, 3.63) is 0 Å². The number of carboxylic acids is 1. The molecule has 0 aliphatic carbocycles.